The number of aromatic amines is 1. The van der Waals surface area contributed by atoms with Crippen molar-refractivity contribution in [3.8, 4) is 0 Å². The number of nitrogens with one attached hydrogen (secondary N) is 1. The van der Waals surface area contributed by atoms with Crippen LogP contribution in [0.4, 0.5) is 5.82 Å². The van der Waals surface area contributed by atoms with Crippen LogP contribution in [0.3, 0.4) is 0 Å². The van der Waals surface area contributed by atoms with Gasteiger partial charge in [0.2, 0.25) is 0 Å². The van der Waals surface area contributed by atoms with Gasteiger partial charge >= 0.3 is 0 Å². The Labute approximate surface area is 103 Å². The third-order valence-electron chi connectivity index (χ3n) is 3.59. The van der Waals surface area contributed by atoms with E-state index in [9.17, 15) is 0 Å². The van der Waals surface area contributed by atoms with Gasteiger partial charge in [0, 0.05) is 24.4 Å². The minimum absolute atomic E-state index is 0.593. The van der Waals surface area contributed by atoms with Crippen LogP contribution in [0.2, 0.25) is 0 Å². The molecule has 0 aromatic carbocycles. The molecule has 3 N–H and O–H groups in total. The molecule has 0 radical (unpaired) electrons. The Morgan fingerprint density at radius 3 is 3.06 bits per heavy atom. The molecule has 5 heteroatoms. The van der Waals surface area contributed by atoms with Gasteiger partial charge in [-0.2, -0.15) is 5.10 Å². The first-order chi connectivity index (χ1) is 7.66. The number of aromatic nitrogens is 2. The largest absolute Gasteiger partial charge is 0.382 e. The third-order valence-corrected chi connectivity index (χ3v) is 4.19. The summed E-state index contributed by atoms with van der Waals surface area (Å²) in [6, 6.07) is 0.593. The summed E-state index contributed by atoms with van der Waals surface area (Å²) < 4.78 is 1.05. The molecule has 2 aliphatic rings. The topological polar surface area (TPSA) is 57.9 Å². The quantitative estimate of drug-likeness (QED) is 0.875. The summed E-state index contributed by atoms with van der Waals surface area (Å²) in [7, 11) is 0. The second-order valence-corrected chi connectivity index (χ2v) is 5.54. The number of halogens is 1. The monoisotopic (exact) mass is 282 g/mol. The Bertz CT molecular complexity index is 447. The number of fused-ring (bicyclic) bond motifs is 1. The van der Waals surface area contributed by atoms with Crippen molar-refractivity contribution in [2.24, 2.45) is 5.92 Å². The lowest BCUT2D eigenvalue weighted by atomic mass is 10.1. The van der Waals surface area contributed by atoms with Gasteiger partial charge < -0.3 is 10.6 Å². The molecule has 1 atom stereocenters. The molecule has 0 spiro atoms. The van der Waals surface area contributed by atoms with E-state index in [0.29, 0.717) is 11.9 Å². The lowest BCUT2D eigenvalue weighted by molar-refractivity contribution is 0.258. The fourth-order valence-corrected chi connectivity index (χ4v) is 2.88. The molecule has 1 aliphatic carbocycles. The highest BCUT2D eigenvalue weighted by molar-refractivity contribution is 9.15. The summed E-state index contributed by atoms with van der Waals surface area (Å²) >= 11 is 3.57. The van der Waals surface area contributed by atoms with Crippen LogP contribution in [-0.2, 0) is 6.54 Å². The standard InChI is InChI=1S/C11H15BrN4/c1-6(7-2-3-7)16-4-8-10(9(12)5-16)14-15-11(8)13/h5-7H,2-4H2,1H3,(H3,13,14,15)/t6-/m0/s1. The van der Waals surface area contributed by atoms with Gasteiger partial charge in [-0.1, -0.05) is 0 Å². The van der Waals surface area contributed by atoms with Gasteiger partial charge in [0.25, 0.3) is 0 Å². The highest BCUT2D eigenvalue weighted by atomic mass is 79.9. The van der Waals surface area contributed by atoms with Gasteiger partial charge in [0.1, 0.15) is 0 Å². The predicted octanol–water partition coefficient (Wildman–Crippen LogP) is 2.30. The molecule has 16 heavy (non-hydrogen) atoms. The zero-order chi connectivity index (χ0) is 11.3. The van der Waals surface area contributed by atoms with Crippen molar-refractivity contribution in [2.75, 3.05) is 5.73 Å². The van der Waals surface area contributed by atoms with Gasteiger partial charge in [-0.25, -0.2) is 0 Å². The minimum atomic E-state index is 0.593. The van der Waals surface area contributed by atoms with Crippen molar-refractivity contribution in [1.29, 1.82) is 0 Å². The van der Waals surface area contributed by atoms with Crippen molar-refractivity contribution < 1.29 is 0 Å². The summed E-state index contributed by atoms with van der Waals surface area (Å²) in [5.74, 6) is 1.47. The van der Waals surface area contributed by atoms with E-state index in [1.54, 1.807) is 0 Å². The van der Waals surface area contributed by atoms with Crippen molar-refractivity contribution >= 4 is 26.2 Å². The number of rotatable bonds is 2. The van der Waals surface area contributed by atoms with Crippen LogP contribution < -0.4 is 5.73 Å². The van der Waals surface area contributed by atoms with Crippen molar-refractivity contribution in [3.63, 3.8) is 0 Å². The van der Waals surface area contributed by atoms with E-state index in [0.717, 1.165) is 28.2 Å². The molecule has 1 fully saturated rings. The molecule has 1 aromatic heterocycles. The summed E-state index contributed by atoms with van der Waals surface area (Å²) in [5.41, 5.74) is 8.00. The fraction of sp³-hybridized carbons (Fsp3) is 0.545. The van der Waals surface area contributed by atoms with Crippen LogP contribution in [0.5, 0.6) is 0 Å². The SMILES string of the molecule is C[C@@H](C1CC1)N1C=C(Br)c2[nH]nc(N)c2C1. The lowest BCUT2D eigenvalue weighted by Crippen LogP contribution is -2.31. The van der Waals surface area contributed by atoms with Crippen molar-refractivity contribution in [1.82, 2.24) is 15.1 Å². The first kappa shape index (κ1) is 10.2. The van der Waals surface area contributed by atoms with Gasteiger partial charge in [-0.15, -0.1) is 0 Å². The summed E-state index contributed by atoms with van der Waals surface area (Å²) in [5, 5.41) is 7.02. The molecular weight excluding hydrogens is 268 g/mol. The van der Waals surface area contributed by atoms with Crippen molar-refractivity contribution in [2.45, 2.75) is 32.4 Å². The molecule has 2 heterocycles. The smallest absolute Gasteiger partial charge is 0.150 e. The molecular formula is C11H15BrN4. The van der Waals surface area contributed by atoms with E-state index in [1.807, 2.05) is 0 Å². The average molecular weight is 283 g/mol. The maximum atomic E-state index is 5.86. The van der Waals surface area contributed by atoms with E-state index in [-0.39, 0.29) is 0 Å². The first-order valence-corrected chi connectivity index (χ1v) is 6.42. The van der Waals surface area contributed by atoms with Gasteiger partial charge in [-0.3, -0.25) is 5.10 Å². The van der Waals surface area contributed by atoms with E-state index >= 15 is 0 Å². The zero-order valence-electron chi connectivity index (χ0n) is 9.20. The third kappa shape index (κ3) is 1.54. The maximum absolute atomic E-state index is 5.86. The number of hydrogen-bond acceptors (Lipinski definition) is 3. The Balaban J connectivity index is 1.91. The second kappa shape index (κ2) is 3.52. The van der Waals surface area contributed by atoms with Crippen LogP contribution in [0.15, 0.2) is 6.20 Å². The lowest BCUT2D eigenvalue weighted by Gasteiger charge is -2.31. The molecule has 0 bridgehead atoms. The van der Waals surface area contributed by atoms with E-state index in [4.69, 9.17) is 5.73 Å². The van der Waals surface area contributed by atoms with Crippen LogP contribution in [0.25, 0.3) is 4.48 Å². The van der Waals surface area contributed by atoms with E-state index in [2.05, 4.69) is 44.2 Å². The summed E-state index contributed by atoms with van der Waals surface area (Å²) in [6.45, 7) is 3.15. The molecule has 1 aromatic rings. The molecule has 86 valence electrons. The van der Waals surface area contributed by atoms with E-state index in [1.165, 1.54) is 12.8 Å². The molecule has 0 amide bonds. The Kier molecular flexibility index (Phi) is 2.24. The highest BCUT2D eigenvalue weighted by Gasteiger charge is 2.33. The fourth-order valence-electron chi connectivity index (χ4n) is 2.29. The normalized spacial score (nSPS) is 21.6. The number of anilines is 1. The van der Waals surface area contributed by atoms with Gasteiger partial charge in [-0.05, 0) is 41.6 Å². The van der Waals surface area contributed by atoms with Crippen LogP contribution in [-0.4, -0.2) is 21.1 Å². The molecule has 3 rings (SSSR count). The number of nitrogens with zero attached hydrogens (tertiary/aromatic N) is 2. The molecule has 1 aliphatic heterocycles. The number of nitrogens with two attached hydrogens (primary N) is 1. The van der Waals surface area contributed by atoms with Crippen LogP contribution in [0.1, 0.15) is 31.0 Å². The second-order valence-electron chi connectivity index (χ2n) is 4.69. The van der Waals surface area contributed by atoms with Crippen LogP contribution >= 0.6 is 15.9 Å². The average Bonchev–Trinajstić information content (AvgIpc) is 3.04. The zero-order valence-corrected chi connectivity index (χ0v) is 10.8. The Morgan fingerprint density at radius 2 is 2.38 bits per heavy atom. The van der Waals surface area contributed by atoms with Gasteiger partial charge in [0.05, 0.1) is 10.2 Å². The number of nitrogen functional groups attached to an aromatic ring is 1. The summed E-state index contributed by atoms with van der Waals surface area (Å²) in [4.78, 5) is 2.36. The van der Waals surface area contributed by atoms with Crippen molar-refractivity contribution in [3.05, 3.63) is 17.5 Å². The van der Waals surface area contributed by atoms with Gasteiger partial charge in [0.15, 0.2) is 5.82 Å². The van der Waals surface area contributed by atoms with E-state index < -0.39 is 0 Å². The Morgan fingerprint density at radius 1 is 1.62 bits per heavy atom. The molecule has 1 saturated carbocycles. The summed E-state index contributed by atoms with van der Waals surface area (Å²) in [6.07, 6.45) is 4.87. The number of H-pyrrole nitrogens is 1. The number of hydrogen-bond donors (Lipinski definition) is 2. The van der Waals surface area contributed by atoms with Crippen LogP contribution in [0, 0.1) is 5.92 Å². The molecule has 0 saturated heterocycles. The maximum Gasteiger partial charge on any atom is 0.150 e. The highest BCUT2D eigenvalue weighted by Crippen LogP contribution is 2.39. The first-order valence-electron chi connectivity index (χ1n) is 5.63. The Hall–Kier alpha value is -0.970. The molecule has 0 unspecified atom stereocenters. The minimum Gasteiger partial charge on any atom is -0.382 e. The molecule has 4 nitrogen and oxygen atoms in total. The predicted molar refractivity (Wildman–Crippen MR) is 67.6 cm³/mol.